The zero-order valence-electron chi connectivity index (χ0n) is 23.3. The molecule has 1 aliphatic rings. The number of hydrogen-bond donors (Lipinski definition) is 1. The van der Waals surface area contributed by atoms with Gasteiger partial charge in [-0.1, -0.05) is 49.1 Å². The van der Waals surface area contributed by atoms with Crippen LogP contribution in [0.1, 0.15) is 63.0 Å². The van der Waals surface area contributed by atoms with E-state index in [1.54, 1.807) is 44.1 Å². The monoisotopic (exact) mass is 577 g/mol. The maximum absolute atomic E-state index is 13.5. The first-order chi connectivity index (χ1) is 18.5. The number of methoxy groups -OCH3 is 1. The maximum Gasteiger partial charge on any atom is 0.242 e. The summed E-state index contributed by atoms with van der Waals surface area (Å²) in [6.45, 7) is 3.89. The van der Waals surface area contributed by atoms with E-state index in [-0.39, 0.29) is 43.8 Å². The number of carbonyl (C=O) groups excluding carboxylic acids is 2. The highest BCUT2D eigenvalue weighted by Gasteiger charge is 2.28. The van der Waals surface area contributed by atoms with Crippen molar-refractivity contribution in [2.24, 2.45) is 0 Å². The lowest BCUT2D eigenvalue weighted by atomic mass is 9.95. The largest absolute Gasteiger partial charge is 0.497 e. The van der Waals surface area contributed by atoms with Gasteiger partial charge in [-0.15, -0.1) is 0 Å². The van der Waals surface area contributed by atoms with E-state index in [2.05, 4.69) is 5.32 Å². The number of ether oxygens (including phenoxy) is 1. The van der Waals surface area contributed by atoms with Gasteiger partial charge < -0.3 is 15.0 Å². The number of amides is 2. The van der Waals surface area contributed by atoms with E-state index < -0.39 is 16.1 Å². The third kappa shape index (κ3) is 8.60. The molecule has 214 valence electrons. The normalized spacial score (nSPS) is 14.9. The fraction of sp³-hybridized carbons (Fsp3) is 0.517. The van der Waals surface area contributed by atoms with E-state index in [4.69, 9.17) is 16.3 Å². The number of sulfonamides is 1. The van der Waals surface area contributed by atoms with Crippen molar-refractivity contribution in [1.82, 2.24) is 10.2 Å². The lowest BCUT2D eigenvalue weighted by Crippen LogP contribution is -2.50. The van der Waals surface area contributed by atoms with Crippen LogP contribution in [0.4, 0.5) is 5.69 Å². The number of rotatable bonds is 12. The van der Waals surface area contributed by atoms with Crippen LogP contribution in [0.25, 0.3) is 0 Å². The van der Waals surface area contributed by atoms with Crippen molar-refractivity contribution in [2.45, 2.75) is 77.4 Å². The summed E-state index contributed by atoms with van der Waals surface area (Å²) in [5.74, 6) is 0.321. The lowest BCUT2D eigenvalue weighted by Gasteiger charge is -2.31. The molecule has 0 spiro atoms. The summed E-state index contributed by atoms with van der Waals surface area (Å²) in [5, 5.41) is 3.61. The van der Waals surface area contributed by atoms with Gasteiger partial charge in [-0.2, -0.15) is 0 Å². The molecule has 1 N–H and O–H groups in total. The van der Waals surface area contributed by atoms with Crippen molar-refractivity contribution in [2.75, 3.05) is 24.2 Å². The number of anilines is 1. The molecule has 10 heteroatoms. The van der Waals surface area contributed by atoms with E-state index in [1.807, 2.05) is 24.3 Å². The van der Waals surface area contributed by atoms with Gasteiger partial charge in [0.05, 0.1) is 19.1 Å². The van der Waals surface area contributed by atoms with Crippen molar-refractivity contribution in [3.8, 4) is 5.75 Å². The van der Waals surface area contributed by atoms with Crippen LogP contribution in [-0.2, 0) is 26.2 Å². The zero-order chi connectivity index (χ0) is 28.6. The Balaban J connectivity index is 1.74. The minimum absolute atomic E-state index is 0.0861. The van der Waals surface area contributed by atoms with Crippen molar-refractivity contribution in [1.29, 1.82) is 0 Å². The Hall–Kier alpha value is -2.78. The van der Waals surface area contributed by atoms with Gasteiger partial charge in [0.2, 0.25) is 21.8 Å². The molecule has 1 fully saturated rings. The van der Waals surface area contributed by atoms with Crippen LogP contribution in [0.5, 0.6) is 5.75 Å². The predicted molar refractivity (Wildman–Crippen MR) is 156 cm³/mol. The van der Waals surface area contributed by atoms with Gasteiger partial charge >= 0.3 is 0 Å². The second-order valence-corrected chi connectivity index (χ2v) is 12.5. The first-order valence-electron chi connectivity index (χ1n) is 13.5. The van der Waals surface area contributed by atoms with Crippen LogP contribution in [0.15, 0.2) is 42.5 Å². The maximum atomic E-state index is 13.5. The average Bonchev–Trinajstić information content (AvgIpc) is 2.91. The highest BCUT2D eigenvalue weighted by Crippen LogP contribution is 2.28. The molecule has 39 heavy (non-hydrogen) atoms. The molecule has 0 unspecified atom stereocenters. The molecular formula is C29H40ClN3O5S. The smallest absolute Gasteiger partial charge is 0.242 e. The van der Waals surface area contributed by atoms with Crippen LogP contribution in [-0.4, -0.2) is 57.1 Å². The fourth-order valence-electron chi connectivity index (χ4n) is 4.93. The topological polar surface area (TPSA) is 96.0 Å². The summed E-state index contributed by atoms with van der Waals surface area (Å²) < 4.78 is 31.7. The van der Waals surface area contributed by atoms with Gasteiger partial charge in [-0.05, 0) is 68.5 Å². The summed E-state index contributed by atoms with van der Waals surface area (Å²) in [6.07, 6.45) is 6.79. The Morgan fingerprint density at radius 1 is 1.10 bits per heavy atom. The van der Waals surface area contributed by atoms with Gasteiger partial charge in [0.15, 0.2) is 0 Å². The molecule has 2 aromatic carbocycles. The number of hydrogen-bond acceptors (Lipinski definition) is 5. The van der Waals surface area contributed by atoms with E-state index in [0.29, 0.717) is 22.0 Å². The van der Waals surface area contributed by atoms with E-state index >= 15 is 0 Å². The predicted octanol–water partition coefficient (Wildman–Crippen LogP) is 5.07. The molecule has 1 aliphatic carbocycles. The van der Waals surface area contributed by atoms with Crippen LogP contribution < -0.4 is 14.4 Å². The van der Waals surface area contributed by atoms with Crippen molar-refractivity contribution in [3.05, 3.63) is 58.6 Å². The summed E-state index contributed by atoms with van der Waals surface area (Å²) in [7, 11) is -2.01. The third-order valence-corrected chi connectivity index (χ3v) is 8.88. The van der Waals surface area contributed by atoms with Crippen LogP contribution >= 0.6 is 11.6 Å². The summed E-state index contributed by atoms with van der Waals surface area (Å²) in [4.78, 5) is 28.3. The van der Waals surface area contributed by atoms with Crippen molar-refractivity contribution < 1.29 is 22.7 Å². The quantitative estimate of drug-likeness (QED) is 0.380. The van der Waals surface area contributed by atoms with Crippen molar-refractivity contribution >= 4 is 39.1 Å². The Morgan fingerprint density at radius 2 is 1.77 bits per heavy atom. The molecule has 0 aromatic heterocycles. The number of halogens is 1. The molecule has 0 heterocycles. The highest BCUT2D eigenvalue weighted by atomic mass is 35.5. The number of benzene rings is 2. The first-order valence-corrected chi connectivity index (χ1v) is 15.7. The van der Waals surface area contributed by atoms with E-state index in [1.165, 1.54) is 10.7 Å². The third-order valence-electron chi connectivity index (χ3n) is 7.29. The molecule has 0 radical (unpaired) electrons. The van der Waals surface area contributed by atoms with Gasteiger partial charge in [-0.3, -0.25) is 13.9 Å². The Morgan fingerprint density at radius 3 is 2.38 bits per heavy atom. The van der Waals surface area contributed by atoms with Gasteiger partial charge in [0.1, 0.15) is 11.8 Å². The second-order valence-electron chi connectivity index (χ2n) is 10.2. The molecule has 2 amide bonds. The molecule has 1 atom stereocenters. The molecule has 3 rings (SSSR count). The van der Waals surface area contributed by atoms with Crippen molar-refractivity contribution in [3.63, 3.8) is 0 Å². The van der Waals surface area contributed by atoms with Gasteiger partial charge in [0.25, 0.3) is 0 Å². The van der Waals surface area contributed by atoms with Gasteiger partial charge in [0, 0.05) is 30.6 Å². The van der Waals surface area contributed by atoms with Crippen LogP contribution in [0.3, 0.4) is 0 Å². The average molecular weight is 578 g/mol. The molecular weight excluding hydrogens is 538 g/mol. The van der Waals surface area contributed by atoms with Crippen LogP contribution in [0, 0.1) is 6.92 Å². The van der Waals surface area contributed by atoms with Gasteiger partial charge in [-0.25, -0.2) is 8.42 Å². The zero-order valence-corrected chi connectivity index (χ0v) is 24.9. The number of nitrogens with one attached hydrogen (secondary N) is 1. The standard InChI is InChI=1S/C29H40ClN3O5S/c1-21-26(30)12-8-13-27(21)33(39(4,36)37)19-9-14-28(34)32(20-23-15-17-25(38-3)18-16-23)22(2)29(35)31-24-10-6-5-7-11-24/h8,12-13,15-18,22,24H,5-7,9-11,14,19-20H2,1-4H3,(H,31,35)/t22-/m0/s1. The van der Waals surface area contributed by atoms with E-state index in [9.17, 15) is 18.0 Å². The molecule has 0 bridgehead atoms. The Kier molecular flexibility index (Phi) is 11.1. The molecule has 0 saturated heterocycles. The van der Waals surface area contributed by atoms with E-state index in [0.717, 1.165) is 37.5 Å². The summed E-state index contributed by atoms with van der Waals surface area (Å²) in [5.41, 5.74) is 2.02. The minimum Gasteiger partial charge on any atom is -0.497 e. The lowest BCUT2D eigenvalue weighted by molar-refractivity contribution is -0.141. The fourth-order valence-corrected chi connectivity index (χ4v) is 6.11. The molecule has 1 saturated carbocycles. The Bertz CT molecular complexity index is 1230. The summed E-state index contributed by atoms with van der Waals surface area (Å²) >= 11 is 6.24. The highest BCUT2D eigenvalue weighted by molar-refractivity contribution is 7.92. The minimum atomic E-state index is -3.60. The molecule has 8 nitrogen and oxygen atoms in total. The van der Waals surface area contributed by atoms with Crippen LogP contribution in [0.2, 0.25) is 5.02 Å². The second kappa shape index (κ2) is 14.0. The number of carbonyl (C=O) groups is 2. The molecule has 2 aromatic rings. The first kappa shape index (κ1) is 30.8. The molecule has 0 aliphatic heterocycles. The summed E-state index contributed by atoms with van der Waals surface area (Å²) in [6, 6.07) is 12.0. The SMILES string of the molecule is COc1ccc(CN(C(=O)CCCN(c2cccc(Cl)c2C)S(C)(=O)=O)[C@@H](C)C(=O)NC2CCCCC2)cc1. The Labute approximate surface area is 237 Å². The number of nitrogens with zero attached hydrogens (tertiary/aromatic N) is 2.